The van der Waals surface area contributed by atoms with Crippen molar-refractivity contribution in [2.24, 2.45) is 28.7 Å². The van der Waals surface area contributed by atoms with E-state index in [-0.39, 0.29) is 35.5 Å². The van der Waals surface area contributed by atoms with Crippen LogP contribution in [0.4, 0.5) is 0 Å². The Labute approximate surface area is 182 Å². The van der Waals surface area contributed by atoms with E-state index in [1.807, 2.05) is 24.3 Å². The summed E-state index contributed by atoms with van der Waals surface area (Å²) in [6, 6.07) is 7.51. The first-order valence-corrected chi connectivity index (χ1v) is 10.9. The lowest BCUT2D eigenvalue weighted by Gasteiger charge is -2.18. The number of ether oxygens (including phenoxy) is 2. The molecule has 0 aromatic heterocycles. The van der Waals surface area contributed by atoms with Gasteiger partial charge in [0.05, 0.1) is 25.6 Å². The van der Waals surface area contributed by atoms with Crippen LogP contribution in [0, 0.1) is 23.7 Å². The van der Waals surface area contributed by atoms with Crippen molar-refractivity contribution in [1.29, 1.82) is 0 Å². The minimum atomic E-state index is -0.135. The fourth-order valence-electron chi connectivity index (χ4n) is 4.85. The molecule has 2 aliphatic carbocycles. The topological polar surface area (TPSA) is 92.3 Å². The average Bonchev–Trinajstić information content (AvgIpc) is 3.47. The average molecular weight is 427 g/mol. The highest BCUT2D eigenvalue weighted by Gasteiger charge is 2.58. The van der Waals surface area contributed by atoms with Gasteiger partial charge in [0.15, 0.2) is 5.96 Å². The Balaban J connectivity index is 1.14. The second kappa shape index (κ2) is 9.41. The Morgan fingerprint density at radius 1 is 1.10 bits per heavy atom. The summed E-state index contributed by atoms with van der Waals surface area (Å²) in [6.07, 6.45) is 5.97. The summed E-state index contributed by atoms with van der Waals surface area (Å²) in [7, 11) is 3.33. The van der Waals surface area contributed by atoms with E-state index in [0.29, 0.717) is 32.2 Å². The number of hydrogen-bond acceptors (Lipinski definition) is 5. The lowest BCUT2D eigenvalue weighted by Crippen LogP contribution is -2.44. The molecule has 1 aliphatic heterocycles. The molecule has 1 aromatic carbocycles. The highest BCUT2D eigenvalue weighted by atomic mass is 16.5. The zero-order valence-electron chi connectivity index (χ0n) is 18.0. The molecular formula is C23H30N4O4. The first kappa shape index (κ1) is 21.2. The molecule has 8 nitrogen and oxygen atoms in total. The van der Waals surface area contributed by atoms with Gasteiger partial charge in [-0.2, -0.15) is 0 Å². The van der Waals surface area contributed by atoms with E-state index < -0.39 is 0 Å². The number of fused-ring (bicyclic) bond motifs is 5. The van der Waals surface area contributed by atoms with Gasteiger partial charge in [-0.15, -0.1) is 0 Å². The second-order valence-corrected chi connectivity index (χ2v) is 8.13. The summed E-state index contributed by atoms with van der Waals surface area (Å²) < 4.78 is 10.9. The van der Waals surface area contributed by atoms with Crippen molar-refractivity contribution in [3.63, 3.8) is 0 Å². The third-order valence-corrected chi connectivity index (χ3v) is 6.34. The van der Waals surface area contributed by atoms with E-state index in [2.05, 4.69) is 27.8 Å². The Kier molecular flexibility index (Phi) is 6.44. The number of likely N-dealkylation sites (tertiary alicyclic amines) is 1. The van der Waals surface area contributed by atoms with Crippen molar-refractivity contribution in [2.75, 3.05) is 40.4 Å². The number of benzene rings is 1. The van der Waals surface area contributed by atoms with Gasteiger partial charge in [-0.1, -0.05) is 18.2 Å². The zero-order valence-corrected chi connectivity index (χ0v) is 18.0. The summed E-state index contributed by atoms with van der Waals surface area (Å²) in [5.41, 5.74) is 0. The molecule has 0 spiro atoms. The van der Waals surface area contributed by atoms with Crippen LogP contribution in [-0.2, 0) is 9.59 Å². The number of carbonyl (C=O) groups excluding carboxylic acids is 2. The normalized spacial score (nSPS) is 26.4. The van der Waals surface area contributed by atoms with Gasteiger partial charge in [0, 0.05) is 32.7 Å². The maximum Gasteiger partial charge on any atom is 0.233 e. The quantitative estimate of drug-likeness (QED) is 0.204. The molecule has 4 unspecified atom stereocenters. The fraction of sp³-hybridized carbons (Fsp3) is 0.522. The van der Waals surface area contributed by atoms with Gasteiger partial charge in [0.25, 0.3) is 0 Å². The fourth-order valence-corrected chi connectivity index (χ4v) is 4.85. The first-order chi connectivity index (χ1) is 15.1. The monoisotopic (exact) mass is 426 g/mol. The van der Waals surface area contributed by atoms with Gasteiger partial charge in [0.1, 0.15) is 11.5 Å². The van der Waals surface area contributed by atoms with Gasteiger partial charge in [-0.25, -0.2) is 0 Å². The van der Waals surface area contributed by atoms with Crippen LogP contribution in [0.3, 0.4) is 0 Å². The van der Waals surface area contributed by atoms with E-state index >= 15 is 0 Å². The van der Waals surface area contributed by atoms with Crippen molar-refractivity contribution < 1.29 is 19.1 Å². The number of nitrogens with one attached hydrogen (secondary N) is 2. The smallest absolute Gasteiger partial charge is 0.233 e. The third kappa shape index (κ3) is 4.38. The number of hydrogen-bond donors (Lipinski definition) is 2. The van der Waals surface area contributed by atoms with E-state index in [1.54, 1.807) is 14.2 Å². The summed E-state index contributed by atoms with van der Waals surface area (Å²) >= 11 is 0. The van der Waals surface area contributed by atoms with E-state index in [4.69, 9.17) is 9.47 Å². The number of methoxy groups -OCH3 is 1. The molecule has 1 saturated heterocycles. The maximum absolute atomic E-state index is 12.7. The van der Waals surface area contributed by atoms with Gasteiger partial charge < -0.3 is 20.1 Å². The van der Waals surface area contributed by atoms with Crippen molar-refractivity contribution in [1.82, 2.24) is 15.5 Å². The van der Waals surface area contributed by atoms with E-state index in [1.165, 1.54) is 4.90 Å². The van der Waals surface area contributed by atoms with Crippen molar-refractivity contribution in [2.45, 2.75) is 12.8 Å². The van der Waals surface area contributed by atoms with Gasteiger partial charge >= 0.3 is 0 Å². The number of imide groups is 1. The highest BCUT2D eigenvalue weighted by Crippen LogP contribution is 2.52. The highest BCUT2D eigenvalue weighted by molar-refractivity contribution is 6.06. The molecule has 0 radical (unpaired) electrons. The molecule has 2 bridgehead atoms. The van der Waals surface area contributed by atoms with Crippen LogP contribution in [0.2, 0.25) is 0 Å². The standard InChI is InChI=1S/C23H30N4O4/c1-24-23(25-9-4-12-31-18-6-3-5-17(14-18)30-2)26-10-11-27-21(28)19-15-7-8-16(13-15)20(19)22(27)29/h3,5-8,14-16,19-20H,4,9-13H2,1-2H3,(H2,24,25,26). The van der Waals surface area contributed by atoms with Crippen molar-refractivity contribution in [3.05, 3.63) is 36.4 Å². The van der Waals surface area contributed by atoms with Crippen LogP contribution in [-0.4, -0.2) is 63.1 Å². The van der Waals surface area contributed by atoms with Crippen LogP contribution in [0.25, 0.3) is 0 Å². The summed E-state index contributed by atoms with van der Waals surface area (Å²) in [6.45, 7) is 2.08. The lowest BCUT2D eigenvalue weighted by atomic mass is 9.85. The molecule has 31 heavy (non-hydrogen) atoms. The predicted molar refractivity (Wildman–Crippen MR) is 117 cm³/mol. The molecule has 2 amide bonds. The number of aliphatic imine (C=N–C) groups is 1. The van der Waals surface area contributed by atoms with Gasteiger partial charge in [-0.05, 0) is 36.8 Å². The van der Waals surface area contributed by atoms with Crippen molar-refractivity contribution >= 4 is 17.8 Å². The third-order valence-electron chi connectivity index (χ3n) is 6.34. The number of carbonyl (C=O) groups is 2. The number of amides is 2. The Hall–Kier alpha value is -3.03. The number of nitrogens with zero attached hydrogens (tertiary/aromatic N) is 2. The molecule has 1 heterocycles. The minimum absolute atomic E-state index is 0.00807. The Morgan fingerprint density at radius 3 is 2.45 bits per heavy atom. The molecule has 8 heteroatoms. The van der Waals surface area contributed by atoms with Crippen LogP contribution in [0.5, 0.6) is 11.5 Å². The number of allylic oxidation sites excluding steroid dienone is 2. The molecular weight excluding hydrogens is 396 g/mol. The lowest BCUT2D eigenvalue weighted by molar-refractivity contribution is -0.140. The predicted octanol–water partition coefficient (Wildman–Crippen LogP) is 1.44. The summed E-state index contributed by atoms with van der Waals surface area (Å²) in [5, 5.41) is 6.41. The minimum Gasteiger partial charge on any atom is -0.497 e. The second-order valence-electron chi connectivity index (χ2n) is 8.13. The van der Waals surface area contributed by atoms with Crippen LogP contribution >= 0.6 is 0 Å². The molecule has 1 saturated carbocycles. The zero-order chi connectivity index (χ0) is 21.8. The van der Waals surface area contributed by atoms with Gasteiger partial charge in [0.2, 0.25) is 11.8 Å². The van der Waals surface area contributed by atoms with Crippen LogP contribution < -0.4 is 20.1 Å². The van der Waals surface area contributed by atoms with Gasteiger partial charge in [-0.3, -0.25) is 19.5 Å². The molecule has 2 N–H and O–H groups in total. The van der Waals surface area contributed by atoms with Crippen molar-refractivity contribution in [3.8, 4) is 11.5 Å². The van der Waals surface area contributed by atoms with Crippen LogP contribution in [0.15, 0.2) is 41.4 Å². The molecule has 4 atom stereocenters. The number of rotatable bonds is 9. The van der Waals surface area contributed by atoms with E-state index in [9.17, 15) is 9.59 Å². The van der Waals surface area contributed by atoms with E-state index in [0.717, 1.165) is 24.3 Å². The molecule has 1 aromatic rings. The SMILES string of the molecule is CN=C(NCCCOc1cccc(OC)c1)NCCN1C(=O)C2C3C=CC(C3)C2C1=O. The maximum atomic E-state index is 12.7. The molecule has 4 rings (SSSR count). The largest absolute Gasteiger partial charge is 0.497 e. The Bertz CT molecular complexity index is 854. The number of guanidine groups is 1. The van der Waals surface area contributed by atoms with Crippen LogP contribution in [0.1, 0.15) is 12.8 Å². The molecule has 166 valence electrons. The first-order valence-electron chi connectivity index (χ1n) is 10.9. The Morgan fingerprint density at radius 2 is 1.77 bits per heavy atom. The summed E-state index contributed by atoms with van der Waals surface area (Å²) in [4.78, 5) is 31.1. The molecule has 2 fully saturated rings. The molecule has 3 aliphatic rings. The summed E-state index contributed by atoms with van der Waals surface area (Å²) in [5.74, 6) is 2.39.